The maximum absolute atomic E-state index is 9.57. The highest BCUT2D eigenvalue weighted by Gasteiger charge is 2.40. The van der Waals surface area contributed by atoms with Crippen LogP contribution in [0.1, 0.15) is 39.5 Å². The number of halogens is 1. The van der Waals surface area contributed by atoms with Gasteiger partial charge in [-0.3, -0.25) is 0 Å². The van der Waals surface area contributed by atoms with Crippen LogP contribution in [0.3, 0.4) is 0 Å². The largest absolute Gasteiger partial charge is 0.366 e. The fourth-order valence-corrected chi connectivity index (χ4v) is 3.10. The van der Waals surface area contributed by atoms with Crippen LogP contribution < -0.4 is 5.32 Å². The van der Waals surface area contributed by atoms with Crippen molar-refractivity contribution in [1.82, 2.24) is 0 Å². The van der Waals surface area contributed by atoms with Gasteiger partial charge in [0.25, 0.3) is 0 Å². The second-order valence-corrected chi connectivity index (χ2v) is 6.40. The van der Waals surface area contributed by atoms with Crippen LogP contribution in [-0.4, -0.2) is 5.54 Å². The summed E-state index contributed by atoms with van der Waals surface area (Å²) in [7, 11) is 0. The molecule has 1 unspecified atom stereocenters. The van der Waals surface area contributed by atoms with Gasteiger partial charge in [-0.05, 0) is 43.2 Å². The van der Waals surface area contributed by atoms with Crippen molar-refractivity contribution in [2.45, 2.75) is 45.1 Å². The zero-order chi connectivity index (χ0) is 13.2. The summed E-state index contributed by atoms with van der Waals surface area (Å²) >= 11 is 6.16. The molecule has 18 heavy (non-hydrogen) atoms. The molecule has 0 heterocycles. The van der Waals surface area contributed by atoms with Crippen LogP contribution >= 0.6 is 11.6 Å². The van der Waals surface area contributed by atoms with Crippen LogP contribution in [0, 0.1) is 16.7 Å². The summed E-state index contributed by atoms with van der Waals surface area (Å²) in [5.74, 6) is 0. The Morgan fingerprint density at radius 3 is 2.61 bits per heavy atom. The van der Waals surface area contributed by atoms with E-state index in [0.29, 0.717) is 5.02 Å². The molecule has 2 rings (SSSR count). The van der Waals surface area contributed by atoms with Gasteiger partial charge < -0.3 is 5.32 Å². The van der Waals surface area contributed by atoms with Gasteiger partial charge in [0, 0.05) is 0 Å². The summed E-state index contributed by atoms with van der Waals surface area (Å²) in [6.45, 7) is 4.46. The quantitative estimate of drug-likeness (QED) is 0.845. The monoisotopic (exact) mass is 262 g/mol. The minimum Gasteiger partial charge on any atom is -0.366 e. The van der Waals surface area contributed by atoms with Gasteiger partial charge in [-0.2, -0.15) is 5.26 Å². The Morgan fingerprint density at radius 1 is 1.28 bits per heavy atom. The molecule has 1 saturated carbocycles. The molecule has 0 amide bonds. The molecule has 2 nitrogen and oxygen atoms in total. The molecule has 0 radical (unpaired) electrons. The van der Waals surface area contributed by atoms with E-state index >= 15 is 0 Å². The Balaban J connectivity index is 2.24. The fourth-order valence-electron chi connectivity index (χ4n) is 2.91. The van der Waals surface area contributed by atoms with Crippen molar-refractivity contribution < 1.29 is 0 Å². The molecule has 3 heteroatoms. The number of hydrogen-bond acceptors (Lipinski definition) is 2. The average molecular weight is 263 g/mol. The van der Waals surface area contributed by atoms with E-state index in [4.69, 9.17) is 11.6 Å². The molecule has 0 bridgehead atoms. The Bertz CT molecular complexity index is 476. The number of nitriles is 1. The standard InChI is InChI=1S/C15H19ClN2/c1-14(2)8-5-9-15(10-14,11-17)18-13-7-4-3-6-12(13)16/h3-4,6-7,18H,5,8-10H2,1-2H3. The SMILES string of the molecule is CC1(C)CCCC(C#N)(Nc2ccccc2Cl)C1. The molecule has 0 aliphatic heterocycles. The molecule has 1 aromatic rings. The highest BCUT2D eigenvalue weighted by atomic mass is 35.5. The topological polar surface area (TPSA) is 35.8 Å². The molecule has 1 atom stereocenters. The molecule has 0 aromatic heterocycles. The highest BCUT2D eigenvalue weighted by molar-refractivity contribution is 6.33. The van der Waals surface area contributed by atoms with Crippen LogP contribution in [0.25, 0.3) is 0 Å². The minimum absolute atomic E-state index is 0.211. The lowest BCUT2D eigenvalue weighted by Gasteiger charge is -2.41. The van der Waals surface area contributed by atoms with Gasteiger partial charge >= 0.3 is 0 Å². The lowest BCUT2D eigenvalue weighted by molar-refractivity contribution is 0.197. The lowest BCUT2D eigenvalue weighted by atomic mass is 9.68. The Hall–Kier alpha value is -1.20. The second kappa shape index (κ2) is 4.82. The van der Waals surface area contributed by atoms with E-state index in [1.165, 1.54) is 6.42 Å². The van der Waals surface area contributed by atoms with Gasteiger partial charge in [0.05, 0.1) is 16.8 Å². The first-order valence-electron chi connectivity index (χ1n) is 6.40. The minimum atomic E-state index is -0.479. The molecular formula is C15H19ClN2. The Morgan fingerprint density at radius 2 is 2.00 bits per heavy atom. The van der Waals surface area contributed by atoms with Crippen LogP contribution in [-0.2, 0) is 0 Å². The number of nitrogens with zero attached hydrogens (tertiary/aromatic N) is 1. The van der Waals surface area contributed by atoms with Crippen molar-refractivity contribution in [3.8, 4) is 6.07 Å². The van der Waals surface area contributed by atoms with Gasteiger partial charge in [0.2, 0.25) is 0 Å². The molecule has 0 saturated heterocycles. The number of rotatable bonds is 2. The van der Waals surface area contributed by atoms with E-state index in [9.17, 15) is 5.26 Å². The van der Waals surface area contributed by atoms with Gasteiger partial charge in [-0.25, -0.2) is 0 Å². The van der Waals surface area contributed by atoms with E-state index < -0.39 is 5.54 Å². The normalized spacial score (nSPS) is 26.3. The summed E-state index contributed by atoms with van der Waals surface area (Å²) in [4.78, 5) is 0. The Labute approximate surface area is 114 Å². The number of hydrogen-bond donors (Lipinski definition) is 1. The van der Waals surface area contributed by atoms with Crippen molar-refractivity contribution in [3.63, 3.8) is 0 Å². The summed E-state index contributed by atoms with van der Waals surface area (Å²) < 4.78 is 0. The molecule has 1 aromatic carbocycles. The average Bonchev–Trinajstić information content (AvgIpc) is 2.31. The van der Waals surface area contributed by atoms with Gasteiger partial charge in [-0.15, -0.1) is 0 Å². The van der Waals surface area contributed by atoms with Crippen molar-refractivity contribution >= 4 is 17.3 Å². The number of anilines is 1. The van der Waals surface area contributed by atoms with Crippen molar-refractivity contribution in [2.75, 3.05) is 5.32 Å². The third kappa shape index (κ3) is 2.79. The molecule has 0 spiro atoms. The molecule has 1 aliphatic rings. The number of benzene rings is 1. The summed E-state index contributed by atoms with van der Waals surface area (Å²) in [6.07, 6.45) is 4.01. The van der Waals surface area contributed by atoms with Crippen molar-refractivity contribution in [2.24, 2.45) is 5.41 Å². The first-order chi connectivity index (χ1) is 8.46. The molecular weight excluding hydrogens is 244 g/mol. The fraction of sp³-hybridized carbons (Fsp3) is 0.533. The van der Waals surface area contributed by atoms with Crippen molar-refractivity contribution in [3.05, 3.63) is 29.3 Å². The second-order valence-electron chi connectivity index (χ2n) is 5.99. The zero-order valence-corrected chi connectivity index (χ0v) is 11.7. The van der Waals surface area contributed by atoms with Crippen LogP contribution in [0.2, 0.25) is 5.02 Å². The Kier molecular flexibility index (Phi) is 3.54. The highest BCUT2D eigenvalue weighted by Crippen LogP contribution is 2.42. The third-order valence-electron chi connectivity index (χ3n) is 3.70. The zero-order valence-electron chi connectivity index (χ0n) is 11.0. The predicted molar refractivity (Wildman–Crippen MR) is 75.7 cm³/mol. The van der Waals surface area contributed by atoms with E-state index in [1.54, 1.807) is 0 Å². The predicted octanol–water partition coefficient (Wildman–Crippen LogP) is 4.61. The van der Waals surface area contributed by atoms with Crippen LogP contribution in [0.4, 0.5) is 5.69 Å². The molecule has 1 aliphatic carbocycles. The molecule has 96 valence electrons. The van der Waals surface area contributed by atoms with Crippen LogP contribution in [0.5, 0.6) is 0 Å². The number of para-hydroxylation sites is 1. The van der Waals surface area contributed by atoms with Crippen LogP contribution in [0.15, 0.2) is 24.3 Å². The van der Waals surface area contributed by atoms with Crippen molar-refractivity contribution in [1.29, 1.82) is 5.26 Å². The smallest absolute Gasteiger partial charge is 0.125 e. The maximum Gasteiger partial charge on any atom is 0.125 e. The summed E-state index contributed by atoms with van der Waals surface area (Å²) in [6, 6.07) is 10.1. The number of nitrogens with one attached hydrogen (secondary N) is 1. The van der Waals surface area contributed by atoms with Gasteiger partial charge in [-0.1, -0.05) is 37.6 Å². The van der Waals surface area contributed by atoms with E-state index in [-0.39, 0.29) is 5.41 Å². The first-order valence-corrected chi connectivity index (χ1v) is 6.78. The van der Waals surface area contributed by atoms with Gasteiger partial charge in [0.15, 0.2) is 0 Å². The van der Waals surface area contributed by atoms with E-state index in [0.717, 1.165) is 24.9 Å². The van der Waals surface area contributed by atoms with E-state index in [1.807, 2.05) is 24.3 Å². The van der Waals surface area contributed by atoms with E-state index in [2.05, 4.69) is 25.2 Å². The first kappa shape index (κ1) is 13.2. The molecule has 1 N–H and O–H groups in total. The maximum atomic E-state index is 9.57. The third-order valence-corrected chi connectivity index (χ3v) is 4.03. The molecule has 1 fully saturated rings. The lowest BCUT2D eigenvalue weighted by Crippen LogP contribution is -2.44. The van der Waals surface area contributed by atoms with Gasteiger partial charge in [0.1, 0.15) is 5.54 Å². The summed E-state index contributed by atoms with van der Waals surface area (Å²) in [5, 5.41) is 13.6. The summed E-state index contributed by atoms with van der Waals surface area (Å²) in [5.41, 5.74) is 0.591.